The topological polar surface area (TPSA) is 67.4 Å². The standard InChI is InChI=1S/C13H18N2O3S/c16-19(17,8-7-14-10-5-6-10)15-12-9-18-13-4-2-1-3-11(12)13/h1-4,10,12,14-15H,5-9H2. The van der Waals surface area contributed by atoms with Crippen LogP contribution in [0, 0.1) is 0 Å². The molecule has 0 aromatic heterocycles. The van der Waals surface area contributed by atoms with Crippen LogP contribution in [0.5, 0.6) is 5.75 Å². The van der Waals surface area contributed by atoms with Crippen molar-refractivity contribution in [3.63, 3.8) is 0 Å². The number of fused-ring (bicyclic) bond motifs is 1. The molecule has 2 aliphatic rings. The van der Waals surface area contributed by atoms with Gasteiger partial charge in [-0.05, 0) is 18.9 Å². The first-order valence-corrected chi connectivity index (χ1v) is 8.24. The molecule has 1 unspecified atom stereocenters. The lowest BCUT2D eigenvalue weighted by atomic mass is 10.1. The molecule has 19 heavy (non-hydrogen) atoms. The van der Waals surface area contributed by atoms with Crippen molar-refractivity contribution in [2.75, 3.05) is 18.9 Å². The number of para-hydroxylation sites is 1. The summed E-state index contributed by atoms with van der Waals surface area (Å²) in [6.07, 6.45) is 2.33. The molecule has 1 fully saturated rings. The van der Waals surface area contributed by atoms with Gasteiger partial charge < -0.3 is 10.1 Å². The molecule has 0 bridgehead atoms. The first-order chi connectivity index (χ1) is 9.14. The fourth-order valence-corrected chi connectivity index (χ4v) is 3.35. The smallest absolute Gasteiger partial charge is 0.213 e. The van der Waals surface area contributed by atoms with Gasteiger partial charge in [-0.25, -0.2) is 13.1 Å². The lowest BCUT2D eigenvalue weighted by Crippen LogP contribution is -2.35. The largest absolute Gasteiger partial charge is 0.491 e. The van der Waals surface area contributed by atoms with Gasteiger partial charge in [-0.2, -0.15) is 0 Å². The zero-order valence-corrected chi connectivity index (χ0v) is 11.4. The van der Waals surface area contributed by atoms with E-state index in [0.29, 0.717) is 19.2 Å². The first kappa shape index (κ1) is 12.9. The minimum Gasteiger partial charge on any atom is -0.491 e. The molecule has 5 nitrogen and oxygen atoms in total. The van der Waals surface area contributed by atoms with Crippen molar-refractivity contribution in [2.45, 2.75) is 24.9 Å². The normalized spacial score (nSPS) is 22.0. The maximum Gasteiger partial charge on any atom is 0.213 e. The minimum absolute atomic E-state index is 0.113. The number of rotatable bonds is 6. The van der Waals surface area contributed by atoms with Crippen LogP contribution in [0.2, 0.25) is 0 Å². The summed E-state index contributed by atoms with van der Waals surface area (Å²) in [5, 5.41) is 3.21. The van der Waals surface area contributed by atoms with Crippen molar-refractivity contribution in [1.29, 1.82) is 0 Å². The Hall–Kier alpha value is -1.11. The lowest BCUT2D eigenvalue weighted by Gasteiger charge is -2.12. The maximum atomic E-state index is 12.0. The van der Waals surface area contributed by atoms with Crippen LogP contribution in [0.4, 0.5) is 0 Å². The summed E-state index contributed by atoms with van der Waals surface area (Å²) in [5.74, 6) is 0.883. The van der Waals surface area contributed by atoms with Gasteiger partial charge in [0.25, 0.3) is 0 Å². The Morgan fingerprint density at radius 2 is 2.05 bits per heavy atom. The van der Waals surface area contributed by atoms with Crippen molar-refractivity contribution in [2.24, 2.45) is 0 Å². The highest BCUT2D eigenvalue weighted by atomic mass is 32.2. The average Bonchev–Trinajstić information content (AvgIpc) is 3.11. The van der Waals surface area contributed by atoms with Gasteiger partial charge in [-0.3, -0.25) is 0 Å². The molecule has 0 spiro atoms. The number of hydrogen-bond acceptors (Lipinski definition) is 4. The molecule has 0 saturated heterocycles. The van der Waals surface area contributed by atoms with Crippen molar-refractivity contribution in [3.8, 4) is 5.75 Å². The minimum atomic E-state index is -3.27. The molecule has 3 rings (SSSR count). The summed E-state index contributed by atoms with van der Waals surface area (Å²) < 4.78 is 32.2. The summed E-state index contributed by atoms with van der Waals surface area (Å²) >= 11 is 0. The Bertz CT molecular complexity index is 555. The number of ether oxygens (including phenoxy) is 1. The Balaban J connectivity index is 1.58. The number of sulfonamides is 1. The predicted molar refractivity (Wildman–Crippen MR) is 72.6 cm³/mol. The summed E-state index contributed by atoms with van der Waals surface area (Å²) in [5.41, 5.74) is 0.918. The van der Waals surface area contributed by atoms with Crippen molar-refractivity contribution in [1.82, 2.24) is 10.0 Å². The van der Waals surface area contributed by atoms with E-state index in [9.17, 15) is 8.42 Å². The van der Waals surface area contributed by atoms with Crippen molar-refractivity contribution >= 4 is 10.0 Å². The zero-order chi connectivity index (χ0) is 13.3. The Labute approximate surface area is 113 Å². The molecule has 1 saturated carbocycles. The Kier molecular flexibility index (Phi) is 3.47. The highest BCUT2D eigenvalue weighted by Gasteiger charge is 2.28. The molecule has 0 radical (unpaired) electrons. The predicted octanol–water partition coefficient (Wildman–Crippen LogP) is 0.792. The molecule has 1 aromatic rings. The van der Waals surface area contributed by atoms with Gasteiger partial charge in [0.15, 0.2) is 0 Å². The maximum absolute atomic E-state index is 12.0. The van der Waals surface area contributed by atoms with E-state index >= 15 is 0 Å². The fourth-order valence-electron chi connectivity index (χ4n) is 2.22. The Morgan fingerprint density at radius 3 is 2.84 bits per heavy atom. The van der Waals surface area contributed by atoms with E-state index in [4.69, 9.17) is 4.74 Å². The van der Waals surface area contributed by atoms with E-state index < -0.39 is 10.0 Å². The fraction of sp³-hybridized carbons (Fsp3) is 0.538. The second kappa shape index (κ2) is 5.11. The number of nitrogens with one attached hydrogen (secondary N) is 2. The number of hydrogen-bond donors (Lipinski definition) is 2. The zero-order valence-electron chi connectivity index (χ0n) is 10.6. The van der Waals surface area contributed by atoms with Gasteiger partial charge in [0, 0.05) is 18.2 Å². The molecule has 1 aliphatic heterocycles. The monoisotopic (exact) mass is 282 g/mol. The van der Waals surface area contributed by atoms with Gasteiger partial charge in [0.1, 0.15) is 12.4 Å². The van der Waals surface area contributed by atoms with E-state index in [-0.39, 0.29) is 11.8 Å². The highest BCUT2D eigenvalue weighted by molar-refractivity contribution is 7.89. The van der Waals surface area contributed by atoms with E-state index in [2.05, 4.69) is 10.0 Å². The van der Waals surface area contributed by atoms with Crippen LogP contribution < -0.4 is 14.8 Å². The summed E-state index contributed by atoms with van der Waals surface area (Å²) in [6, 6.07) is 7.81. The quantitative estimate of drug-likeness (QED) is 0.809. The van der Waals surface area contributed by atoms with Crippen LogP contribution >= 0.6 is 0 Å². The SMILES string of the molecule is O=S(=O)(CCNC1CC1)NC1COc2ccccc21. The van der Waals surface area contributed by atoms with E-state index in [1.54, 1.807) is 0 Å². The molecular formula is C13H18N2O3S. The van der Waals surface area contributed by atoms with E-state index in [0.717, 1.165) is 24.2 Å². The van der Waals surface area contributed by atoms with Crippen LogP contribution in [0.3, 0.4) is 0 Å². The molecule has 1 aromatic carbocycles. The third-order valence-electron chi connectivity index (χ3n) is 3.40. The van der Waals surface area contributed by atoms with Crippen LogP contribution in [-0.4, -0.2) is 33.4 Å². The number of benzene rings is 1. The van der Waals surface area contributed by atoms with Gasteiger partial charge in [0.05, 0.1) is 11.8 Å². The Morgan fingerprint density at radius 1 is 1.26 bits per heavy atom. The average molecular weight is 282 g/mol. The van der Waals surface area contributed by atoms with Crippen LogP contribution in [0.1, 0.15) is 24.4 Å². The van der Waals surface area contributed by atoms with Gasteiger partial charge in [-0.1, -0.05) is 18.2 Å². The van der Waals surface area contributed by atoms with Crippen molar-refractivity contribution in [3.05, 3.63) is 29.8 Å². The molecule has 6 heteroatoms. The van der Waals surface area contributed by atoms with Crippen LogP contribution in [0.25, 0.3) is 0 Å². The third-order valence-corrected chi connectivity index (χ3v) is 4.79. The van der Waals surface area contributed by atoms with Gasteiger partial charge in [0.2, 0.25) is 10.0 Å². The van der Waals surface area contributed by atoms with Crippen LogP contribution in [-0.2, 0) is 10.0 Å². The van der Waals surface area contributed by atoms with Crippen LogP contribution in [0.15, 0.2) is 24.3 Å². The summed E-state index contributed by atoms with van der Waals surface area (Å²) in [6.45, 7) is 0.879. The second-order valence-corrected chi connectivity index (χ2v) is 6.94. The molecule has 0 amide bonds. The molecule has 1 aliphatic carbocycles. The van der Waals surface area contributed by atoms with Gasteiger partial charge in [-0.15, -0.1) is 0 Å². The van der Waals surface area contributed by atoms with E-state index in [1.807, 2.05) is 24.3 Å². The molecule has 1 atom stereocenters. The van der Waals surface area contributed by atoms with E-state index in [1.165, 1.54) is 0 Å². The second-order valence-electron chi connectivity index (χ2n) is 5.07. The summed E-state index contributed by atoms with van der Waals surface area (Å²) in [4.78, 5) is 0. The summed E-state index contributed by atoms with van der Waals surface area (Å²) in [7, 11) is -3.27. The molecular weight excluding hydrogens is 264 g/mol. The molecule has 104 valence electrons. The lowest BCUT2D eigenvalue weighted by molar-refractivity contribution is 0.325. The van der Waals surface area contributed by atoms with Gasteiger partial charge >= 0.3 is 0 Å². The van der Waals surface area contributed by atoms with Crippen molar-refractivity contribution < 1.29 is 13.2 Å². The third kappa shape index (κ3) is 3.26. The molecule has 1 heterocycles. The molecule has 2 N–H and O–H groups in total. The highest BCUT2D eigenvalue weighted by Crippen LogP contribution is 2.32. The first-order valence-electron chi connectivity index (χ1n) is 6.59.